The number of hydrogen-bond donors (Lipinski definition) is 3. The summed E-state index contributed by atoms with van der Waals surface area (Å²) in [6, 6.07) is 3.31. The molecule has 7 nitrogen and oxygen atoms in total. The summed E-state index contributed by atoms with van der Waals surface area (Å²) in [6.07, 6.45) is -2.35. The molecular weight excluding hydrogens is 279 g/mol. The number of nitrogens with two attached hydrogens (primary N) is 1. The largest absolute Gasteiger partial charge is 0.387 e. The normalized spacial score (nSPS) is 41.4. The zero-order valence-electron chi connectivity index (χ0n) is 11.3. The molecule has 1 saturated heterocycles. The van der Waals surface area contributed by atoms with Crippen molar-refractivity contribution in [2.45, 2.75) is 42.9 Å². The first-order valence-electron chi connectivity index (χ1n) is 6.78. The van der Waals surface area contributed by atoms with Gasteiger partial charge in [0.1, 0.15) is 29.7 Å². The van der Waals surface area contributed by atoms with Gasteiger partial charge in [0.25, 0.3) is 0 Å². The molecule has 2 aromatic rings. The van der Waals surface area contributed by atoms with Crippen LogP contribution >= 0.6 is 0 Å². The van der Waals surface area contributed by atoms with Crippen molar-refractivity contribution in [2.24, 2.45) is 0 Å². The number of rotatable bonds is 2. The van der Waals surface area contributed by atoms with Crippen molar-refractivity contribution in [2.75, 3.05) is 5.73 Å². The molecule has 0 amide bonds. The molecular formula is C13H15FN4O3. The maximum Gasteiger partial charge on any atom is 0.166 e. The summed E-state index contributed by atoms with van der Waals surface area (Å²) >= 11 is 0. The van der Waals surface area contributed by atoms with Gasteiger partial charge in [-0.15, -0.1) is 0 Å². The van der Waals surface area contributed by atoms with E-state index in [4.69, 9.17) is 10.5 Å². The summed E-state index contributed by atoms with van der Waals surface area (Å²) in [7, 11) is 0. The van der Waals surface area contributed by atoms with Gasteiger partial charge in [-0.3, -0.25) is 0 Å². The quantitative estimate of drug-likeness (QED) is 0.718. The highest BCUT2D eigenvalue weighted by Gasteiger charge is 2.87. The van der Waals surface area contributed by atoms with Crippen LogP contribution in [0.1, 0.15) is 25.1 Å². The fraction of sp³-hybridized carbons (Fsp3) is 0.538. The van der Waals surface area contributed by atoms with Gasteiger partial charge in [0.15, 0.2) is 17.6 Å². The minimum atomic E-state index is -1.85. The standard InChI is InChI=1S/C13H15FN4O3/c1-2-12-11(19)13(12,20)9(14)8(21-12)6-3-4-7-10(15)16-5-17-18(6)7/h3-5,8-9,11,19-20H,2H2,1H3,(H2,15,16,17)/t8-,9-,11?,12+,13+/m0/s1. The molecule has 1 unspecified atom stereocenters. The number of alkyl halides is 1. The first kappa shape index (κ1) is 12.9. The maximum atomic E-state index is 14.7. The van der Waals surface area contributed by atoms with Crippen LogP contribution in [-0.4, -0.2) is 48.3 Å². The summed E-state index contributed by atoms with van der Waals surface area (Å²) < 4.78 is 21.8. The molecule has 0 aromatic carbocycles. The van der Waals surface area contributed by atoms with E-state index in [0.29, 0.717) is 17.6 Å². The molecule has 5 atom stereocenters. The second-order valence-corrected chi connectivity index (χ2v) is 5.61. The van der Waals surface area contributed by atoms with E-state index >= 15 is 0 Å². The summed E-state index contributed by atoms with van der Waals surface area (Å²) in [6.45, 7) is 1.74. The Morgan fingerprint density at radius 2 is 2.29 bits per heavy atom. The smallest absolute Gasteiger partial charge is 0.166 e. The lowest BCUT2D eigenvalue weighted by Crippen LogP contribution is -2.31. The lowest BCUT2D eigenvalue weighted by Gasteiger charge is -2.20. The van der Waals surface area contributed by atoms with Crippen LogP contribution in [0.25, 0.3) is 5.52 Å². The van der Waals surface area contributed by atoms with E-state index in [9.17, 15) is 14.6 Å². The minimum absolute atomic E-state index is 0.277. The van der Waals surface area contributed by atoms with Crippen molar-refractivity contribution in [3.05, 3.63) is 24.2 Å². The van der Waals surface area contributed by atoms with Crippen LogP contribution in [0.3, 0.4) is 0 Å². The summed E-state index contributed by atoms with van der Waals surface area (Å²) in [5.74, 6) is 0.277. The van der Waals surface area contributed by atoms with Gasteiger partial charge in [0.2, 0.25) is 0 Å². The average molecular weight is 294 g/mol. The van der Waals surface area contributed by atoms with Gasteiger partial charge in [-0.25, -0.2) is 13.9 Å². The number of nitrogens with zero attached hydrogens (tertiary/aromatic N) is 3. The Labute approximate surface area is 119 Å². The molecule has 21 heavy (non-hydrogen) atoms. The summed E-state index contributed by atoms with van der Waals surface area (Å²) in [4.78, 5) is 3.87. The molecule has 2 aromatic heterocycles. The van der Waals surface area contributed by atoms with Gasteiger partial charge < -0.3 is 20.7 Å². The van der Waals surface area contributed by atoms with E-state index in [1.165, 1.54) is 10.8 Å². The zero-order valence-corrected chi connectivity index (χ0v) is 11.3. The van der Waals surface area contributed by atoms with Crippen molar-refractivity contribution in [1.29, 1.82) is 0 Å². The third-order valence-electron chi connectivity index (χ3n) is 4.80. The first-order valence-corrected chi connectivity index (χ1v) is 6.78. The second-order valence-electron chi connectivity index (χ2n) is 5.61. The molecule has 2 fully saturated rings. The number of nitrogen functional groups attached to an aromatic ring is 1. The van der Waals surface area contributed by atoms with Crippen molar-refractivity contribution >= 4 is 11.3 Å². The number of anilines is 1. The molecule has 0 radical (unpaired) electrons. The number of aliphatic hydroxyl groups excluding tert-OH is 1. The second kappa shape index (κ2) is 3.70. The first-order chi connectivity index (χ1) is 9.97. The van der Waals surface area contributed by atoms with E-state index < -0.39 is 29.6 Å². The molecule has 0 spiro atoms. The average Bonchev–Trinajstić information content (AvgIpc) is 2.82. The fourth-order valence-corrected chi connectivity index (χ4v) is 3.51. The van der Waals surface area contributed by atoms with E-state index in [1.807, 2.05) is 0 Å². The number of aliphatic hydroxyl groups is 2. The van der Waals surface area contributed by atoms with Crippen LogP contribution in [0.2, 0.25) is 0 Å². The molecule has 1 saturated carbocycles. The zero-order chi connectivity index (χ0) is 15.0. The van der Waals surface area contributed by atoms with Gasteiger partial charge in [-0.1, -0.05) is 6.92 Å². The third-order valence-corrected chi connectivity index (χ3v) is 4.80. The Hall–Kier alpha value is -1.77. The summed E-state index contributed by atoms with van der Waals surface area (Å²) in [5, 5.41) is 24.2. The van der Waals surface area contributed by atoms with Crippen molar-refractivity contribution in [3.8, 4) is 0 Å². The minimum Gasteiger partial charge on any atom is -0.387 e. The number of halogens is 1. The third kappa shape index (κ3) is 1.24. The maximum absolute atomic E-state index is 14.7. The Bertz CT molecular complexity index is 733. The topological polar surface area (TPSA) is 106 Å². The number of ether oxygens (including phenoxy) is 1. The molecule has 2 aliphatic rings. The molecule has 4 N–H and O–H groups in total. The summed E-state index contributed by atoms with van der Waals surface area (Å²) in [5.41, 5.74) is 3.64. The molecule has 4 rings (SSSR count). The van der Waals surface area contributed by atoms with E-state index in [2.05, 4.69) is 10.1 Å². The highest BCUT2D eigenvalue weighted by atomic mass is 19.1. The van der Waals surface area contributed by atoms with E-state index in [1.54, 1.807) is 19.1 Å². The van der Waals surface area contributed by atoms with Gasteiger partial charge in [-0.2, -0.15) is 5.10 Å². The van der Waals surface area contributed by atoms with Gasteiger partial charge in [-0.05, 0) is 18.6 Å². The number of hydrogen-bond acceptors (Lipinski definition) is 6. The van der Waals surface area contributed by atoms with Gasteiger partial charge in [0, 0.05) is 0 Å². The van der Waals surface area contributed by atoms with Gasteiger partial charge in [0.05, 0.1) is 5.69 Å². The van der Waals surface area contributed by atoms with Crippen LogP contribution < -0.4 is 5.73 Å². The molecule has 1 aliphatic carbocycles. The number of aromatic nitrogens is 3. The molecule has 1 aliphatic heterocycles. The Balaban J connectivity index is 1.80. The van der Waals surface area contributed by atoms with Crippen LogP contribution in [0.4, 0.5) is 10.2 Å². The van der Waals surface area contributed by atoms with Crippen molar-refractivity contribution in [1.82, 2.24) is 14.6 Å². The van der Waals surface area contributed by atoms with E-state index in [0.717, 1.165) is 0 Å². The molecule has 3 heterocycles. The highest BCUT2D eigenvalue weighted by molar-refractivity contribution is 5.65. The SMILES string of the molecule is CC[C@]12O[C@@H](c3ccc4c(N)ncnn34)[C@H](F)[C@@]1(O)C2O. The Morgan fingerprint density at radius 3 is 2.95 bits per heavy atom. The number of fused-ring (bicyclic) bond motifs is 2. The van der Waals surface area contributed by atoms with Crippen LogP contribution in [0, 0.1) is 0 Å². The Kier molecular flexibility index (Phi) is 2.28. The molecule has 112 valence electrons. The lowest BCUT2D eigenvalue weighted by molar-refractivity contribution is -0.0605. The lowest BCUT2D eigenvalue weighted by atomic mass is 10.0. The van der Waals surface area contributed by atoms with E-state index in [-0.39, 0.29) is 5.82 Å². The highest BCUT2D eigenvalue weighted by Crippen LogP contribution is 2.65. The van der Waals surface area contributed by atoms with Crippen LogP contribution in [0.5, 0.6) is 0 Å². The van der Waals surface area contributed by atoms with Crippen LogP contribution in [0.15, 0.2) is 18.5 Å². The predicted octanol–water partition coefficient (Wildman–Crippen LogP) is -0.0247. The van der Waals surface area contributed by atoms with Crippen molar-refractivity contribution < 1.29 is 19.3 Å². The van der Waals surface area contributed by atoms with Gasteiger partial charge >= 0.3 is 0 Å². The predicted molar refractivity (Wildman–Crippen MR) is 70.1 cm³/mol. The fourth-order valence-electron chi connectivity index (χ4n) is 3.51. The van der Waals surface area contributed by atoms with Crippen LogP contribution in [-0.2, 0) is 4.74 Å². The molecule has 0 bridgehead atoms. The van der Waals surface area contributed by atoms with Crippen molar-refractivity contribution in [3.63, 3.8) is 0 Å². The monoisotopic (exact) mass is 294 g/mol. The molecule has 8 heteroatoms. The Morgan fingerprint density at radius 1 is 1.52 bits per heavy atom.